The highest BCUT2D eigenvalue weighted by Crippen LogP contribution is 2.05. The Balaban J connectivity index is 2.43. The zero-order valence-electron chi connectivity index (χ0n) is 8.98. The van der Waals surface area contributed by atoms with Crippen molar-refractivity contribution in [1.29, 1.82) is 0 Å². The minimum Gasteiger partial charge on any atom is -0.394 e. The Bertz CT molecular complexity index is 292. The van der Waals surface area contributed by atoms with Gasteiger partial charge in [-0.05, 0) is 18.1 Å². The Kier molecular flexibility index (Phi) is 5.25. The topological polar surface area (TPSA) is 65.4 Å². The summed E-state index contributed by atoms with van der Waals surface area (Å²) in [6.45, 7) is 2.89. The summed E-state index contributed by atoms with van der Waals surface area (Å²) >= 11 is 0. The fourth-order valence-corrected chi connectivity index (χ4v) is 1.37. The van der Waals surface area contributed by atoms with Crippen molar-refractivity contribution in [1.82, 2.24) is 10.3 Å². The molecule has 3 N–H and O–H groups in total. The normalized spacial score (nSPS) is 12.7. The molecule has 1 aromatic rings. The van der Waals surface area contributed by atoms with Gasteiger partial charge in [0, 0.05) is 19.3 Å². The molecule has 1 atom stereocenters. The molecular formula is C11H18N2O2. The highest BCUT2D eigenvalue weighted by atomic mass is 16.3. The lowest BCUT2D eigenvalue weighted by molar-refractivity contribution is 0.0941. The summed E-state index contributed by atoms with van der Waals surface area (Å²) in [6, 6.07) is 3.97. The molecule has 84 valence electrons. The van der Waals surface area contributed by atoms with Crippen LogP contribution in [0, 0.1) is 0 Å². The van der Waals surface area contributed by atoms with Crippen LogP contribution in [0.25, 0.3) is 0 Å². The zero-order chi connectivity index (χ0) is 11.1. The Morgan fingerprint density at radius 2 is 2.33 bits per heavy atom. The van der Waals surface area contributed by atoms with Gasteiger partial charge in [-0.2, -0.15) is 0 Å². The molecular weight excluding hydrogens is 192 g/mol. The van der Waals surface area contributed by atoms with E-state index in [0.29, 0.717) is 13.1 Å². The van der Waals surface area contributed by atoms with Gasteiger partial charge in [0.05, 0.1) is 18.4 Å². The second-order valence-corrected chi connectivity index (χ2v) is 3.43. The molecule has 0 bridgehead atoms. The van der Waals surface area contributed by atoms with Crippen LogP contribution in [0.1, 0.15) is 18.2 Å². The van der Waals surface area contributed by atoms with E-state index in [1.807, 2.05) is 12.1 Å². The molecule has 0 amide bonds. The van der Waals surface area contributed by atoms with Crippen molar-refractivity contribution in [3.8, 4) is 0 Å². The Morgan fingerprint density at radius 1 is 1.53 bits per heavy atom. The Hall–Kier alpha value is -0.970. The largest absolute Gasteiger partial charge is 0.394 e. The van der Waals surface area contributed by atoms with Crippen molar-refractivity contribution in [3.05, 3.63) is 29.6 Å². The van der Waals surface area contributed by atoms with Gasteiger partial charge in [0.25, 0.3) is 0 Å². The zero-order valence-corrected chi connectivity index (χ0v) is 8.98. The van der Waals surface area contributed by atoms with Crippen LogP contribution < -0.4 is 5.32 Å². The number of aliphatic hydroxyl groups is 2. The van der Waals surface area contributed by atoms with E-state index in [1.54, 1.807) is 6.20 Å². The quantitative estimate of drug-likeness (QED) is 0.622. The van der Waals surface area contributed by atoms with Gasteiger partial charge >= 0.3 is 0 Å². The minimum absolute atomic E-state index is 0.212. The molecule has 0 saturated carbocycles. The van der Waals surface area contributed by atoms with Gasteiger partial charge in [0.15, 0.2) is 0 Å². The second-order valence-electron chi connectivity index (χ2n) is 3.43. The molecule has 0 radical (unpaired) electrons. The summed E-state index contributed by atoms with van der Waals surface area (Å²) in [7, 11) is 0. The standard InChI is InChI=1S/C11H18N2O2/c1-2-9-4-3-5-13-11(9)7-12-6-10(15)8-14/h3-5,10,12,14-15H,2,6-8H2,1H3/t10-/m0/s1. The van der Waals surface area contributed by atoms with Crippen molar-refractivity contribution in [2.24, 2.45) is 0 Å². The van der Waals surface area contributed by atoms with Gasteiger partial charge in [0.2, 0.25) is 0 Å². The van der Waals surface area contributed by atoms with E-state index in [9.17, 15) is 0 Å². The SMILES string of the molecule is CCc1cccnc1CNC[C@H](O)CO. The number of hydrogen-bond donors (Lipinski definition) is 3. The molecule has 0 aliphatic rings. The highest BCUT2D eigenvalue weighted by Gasteiger charge is 2.03. The average Bonchev–Trinajstić information content (AvgIpc) is 2.29. The number of rotatable bonds is 6. The summed E-state index contributed by atoms with van der Waals surface area (Å²) < 4.78 is 0. The van der Waals surface area contributed by atoms with E-state index in [2.05, 4.69) is 17.2 Å². The van der Waals surface area contributed by atoms with Gasteiger partial charge in [0.1, 0.15) is 0 Å². The molecule has 0 saturated heterocycles. The van der Waals surface area contributed by atoms with E-state index >= 15 is 0 Å². The third kappa shape index (κ3) is 3.95. The predicted octanol–water partition coefficient (Wildman–Crippen LogP) is 0.0868. The summed E-state index contributed by atoms with van der Waals surface area (Å²) in [5.74, 6) is 0. The van der Waals surface area contributed by atoms with Crippen molar-refractivity contribution in [3.63, 3.8) is 0 Å². The molecule has 0 aromatic carbocycles. The number of aliphatic hydroxyl groups excluding tert-OH is 2. The lowest BCUT2D eigenvalue weighted by atomic mass is 10.1. The molecule has 1 rings (SSSR count). The number of aryl methyl sites for hydroxylation is 1. The lowest BCUT2D eigenvalue weighted by Gasteiger charge is -2.10. The Labute approximate surface area is 90.0 Å². The molecule has 0 spiro atoms. The molecule has 0 aliphatic carbocycles. The van der Waals surface area contributed by atoms with Crippen molar-refractivity contribution >= 4 is 0 Å². The number of hydrogen-bond acceptors (Lipinski definition) is 4. The van der Waals surface area contributed by atoms with Crippen molar-refractivity contribution in [2.75, 3.05) is 13.2 Å². The number of pyridine rings is 1. The van der Waals surface area contributed by atoms with Crippen LogP contribution in [-0.4, -0.2) is 34.5 Å². The number of nitrogens with zero attached hydrogens (tertiary/aromatic N) is 1. The third-order valence-electron chi connectivity index (χ3n) is 2.25. The van der Waals surface area contributed by atoms with Crippen LogP contribution in [0.2, 0.25) is 0 Å². The number of aromatic nitrogens is 1. The van der Waals surface area contributed by atoms with Gasteiger partial charge in [-0.15, -0.1) is 0 Å². The van der Waals surface area contributed by atoms with Gasteiger partial charge in [-0.3, -0.25) is 4.98 Å². The Morgan fingerprint density at radius 3 is 3.00 bits per heavy atom. The van der Waals surface area contributed by atoms with Gasteiger partial charge < -0.3 is 15.5 Å². The van der Waals surface area contributed by atoms with E-state index in [-0.39, 0.29) is 6.61 Å². The maximum atomic E-state index is 9.13. The molecule has 4 nitrogen and oxygen atoms in total. The van der Waals surface area contributed by atoms with E-state index in [1.165, 1.54) is 5.56 Å². The molecule has 0 aliphatic heterocycles. The average molecular weight is 210 g/mol. The highest BCUT2D eigenvalue weighted by molar-refractivity contribution is 5.19. The van der Waals surface area contributed by atoms with Crippen molar-refractivity contribution < 1.29 is 10.2 Å². The molecule has 0 unspecified atom stereocenters. The number of nitrogens with one attached hydrogen (secondary N) is 1. The van der Waals surface area contributed by atoms with E-state index in [0.717, 1.165) is 12.1 Å². The van der Waals surface area contributed by atoms with E-state index in [4.69, 9.17) is 10.2 Å². The van der Waals surface area contributed by atoms with Crippen LogP contribution >= 0.6 is 0 Å². The maximum absolute atomic E-state index is 9.13. The monoisotopic (exact) mass is 210 g/mol. The van der Waals surface area contributed by atoms with Gasteiger partial charge in [-0.25, -0.2) is 0 Å². The maximum Gasteiger partial charge on any atom is 0.0895 e. The van der Waals surface area contributed by atoms with Gasteiger partial charge in [-0.1, -0.05) is 13.0 Å². The second kappa shape index (κ2) is 6.50. The smallest absolute Gasteiger partial charge is 0.0895 e. The van der Waals surface area contributed by atoms with Crippen molar-refractivity contribution in [2.45, 2.75) is 26.0 Å². The fourth-order valence-electron chi connectivity index (χ4n) is 1.37. The third-order valence-corrected chi connectivity index (χ3v) is 2.25. The minimum atomic E-state index is -0.696. The van der Waals surface area contributed by atoms with Crippen LogP contribution in [0.4, 0.5) is 0 Å². The molecule has 1 aromatic heterocycles. The van der Waals surface area contributed by atoms with E-state index < -0.39 is 6.10 Å². The first-order chi connectivity index (χ1) is 7.27. The molecule has 1 heterocycles. The van der Waals surface area contributed by atoms with Crippen LogP contribution in [0.15, 0.2) is 18.3 Å². The lowest BCUT2D eigenvalue weighted by Crippen LogP contribution is -2.29. The first kappa shape index (κ1) is 12.1. The van der Waals surface area contributed by atoms with Crippen LogP contribution in [0.3, 0.4) is 0 Å². The summed E-state index contributed by atoms with van der Waals surface area (Å²) in [5, 5.41) is 20.8. The van der Waals surface area contributed by atoms with Crippen LogP contribution in [-0.2, 0) is 13.0 Å². The fraction of sp³-hybridized carbons (Fsp3) is 0.545. The van der Waals surface area contributed by atoms with Crippen LogP contribution in [0.5, 0.6) is 0 Å². The summed E-state index contributed by atoms with van der Waals surface area (Å²) in [6.07, 6.45) is 2.02. The summed E-state index contributed by atoms with van der Waals surface area (Å²) in [5.41, 5.74) is 2.22. The molecule has 4 heteroatoms. The molecule has 15 heavy (non-hydrogen) atoms. The predicted molar refractivity (Wildman–Crippen MR) is 58.4 cm³/mol. The first-order valence-electron chi connectivity index (χ1n) is 5.20. The first-order valence-corrected chi connectivity index (χ1v) is 5.20. The summed E-state index contributed by atoms with van der Waals surface area (Å²) in [4.78, 5) is 4.27. The molecule has 0 fully saturated rings.